The predicted octanol–water partition coefficient (Wildman–Crippen LogP) is 3.63. The summed E-state index contributed by atoms with van der Waals surface area (Å²) in [4.78, 5) is 93.2. The smallest absolute Gasteiger partial charge is 0.295 e. The van der Waals surface area contributed by atoms with Gasteiger partial charge >= 0.3 is 0 Å². The van der Waals surface area contributed by atoms with Gasteiger partial charge in [0.2, 0.25) is 0 Å². The molecule has 0 unspecified atom stereocenters. The summed E-state index contributed by atoms with van der Waals surface area (Å²) in [6, 6.07) is 7.49. The second kappa shape index (κ2) is 18.7. The van der Waals surface area contributed by atoms with Gasteiger partial charge in [0.1, 0.15) is 41.6 Å². The van der Waals surface area contributed by atoms with Crippen LogP contribution in [0, 0.1) is 27.7 Å². The Balaban J connectivity index is 0.000000159. The van der Waals surface area contributed by atoms with E-state index in [1.165, 1.54) is 61.0 Å². The van der Waals surface area contributed by atoms with Crippen molar-refractivity contribution in [2.75, 3.05) is 27.3 Å². The third kappa shape index (κ3) is 8.23. The maximum atomic E-state index is 13.5. The number of hydrogen-bond acceptors (Lipinski definition) is 17. The molecule has 0 aromatic carbocycles. The number of ketones is 2. The molecule has 25 nitrogen and oxygen atoms in total. The van der Waals surface area contributed by atoms with E-state index >= 15 is 0 Å². The molecule has 2 N–H and O–H groups in total. The van der Waals surface area contributed by atoms with Gasteiger partial charge in [-0.1, -0.05) is 6.07 Å². The number of aromatic nitrogens is 17. The number of H-pyrrole nitrogens is 2. The van der Waals surface area contributed by atoms with Crippen molar-refractivity contribution in [3.8, 4) is 34.8 Å². The number of pyridine rings is 3. The number of carbonyl (C=O) groups is 4. The lowest BCUT2D eigenvalue weighted by molar-refractivity contribution is -0.127. The van der Waals surface area contributed by atoms with Gasteiger partial charge in [-0.25, -0.2) is 53.6 Å². The molecule has 0 radical (unpaired) electrons. The molecule has 74 heavy (non-hydrogen) atoms. The van der Waals surface area contributed by atoms with E-state index in [0.717, 1.165) is 28.2 Å². The standard InChI is InChI=1S/C25H24N10O3.C24H21N9O3/c1-13-7-20(31-15(3)30-13)35-18-5-6-33(11-16(18)8-29-35)25(37)23(36)17-9-26-22-21(17)19(38-4)10-27-24(22)34-12-28-14(2)32-34;1-14-28-13-32(30-14)23-21-20(18(36-2)11-27-23)16(10-26-21)22(34)24(35)31-8-6-17-15(12-31)9-29-33(17)19-5-3-4-7-25-19/h7-10,12,26H,5-6,11H2,1-4H3;3-5,7,9-11,13,26H,6,8,12H2,1-2H3. The molecule has 2 amide bonds. The molecule has 0 aliphatic carbocycles. The van der Waals surface area contributed by atoms with Crippen molar-refractivity contribution in [1.82, 2.24) is 93.8 Å². The first-order chi connectivity index (χ1) is 35.9. The van der Waals surface area contributed by atoms with Crippen LogP contribution in [0.15, 0.2) is 80.3 Å². The summed E-state index contributed by atoms with van der Waals surface area (Å²) < 4.78 is 17.5. The fraction of sp³-hybridized carbons (Fsp3) is 0.245. The van der Waals surface area contributed by atoms with Crippen molar-refractivity contribution in [3.63, 3.8) is 0 Å². The van der Waals surface area contributed by atoms with Crippen molar-refractivity contribution in [1.29, 1.82) is 0 Å². The van der Waals surface area contributed by atoms with Crippen molar-refractivity contribution >= 4 is 45.2 Å². The Morgan fingerprint density at radius 3 is 1.55 bits per heavy atom. The fourth-order valence-electron chi connectivity index (χ4n) is 9.33. The third-order valence-corrected chi connectivity index (χ3v) is 12.8. The molecule has 0 saturated heterocycles. The van der Waals surface area contributed by atoms with Crippen LogP contribution in [-0.2, 0) is 35.5 Å². The number of ether oxygens (including phenoxy) is 2. The lowest BCUT2D eigenvalue weighted by Gasteiger charge is -2.26. The van der Waals surface area contributed by atoms with Gasteiger partial charge < -0.3 is 29.2 Å². The van der Waals surface area contributed by atoms with E-state index in [9.17, 15) is 19.2 Å². The molecular weight excluding hydrogens is 951 g/mol. The Bertz CT molecular complexity index is 3820. The topological polar surface area (TPSA) is 286 Å². The van der Waals surface area contributed by atoms with E-state index in [-0.39, 0.29) is 24.2 Å². The number of fused-ring (bicyclic) bond motifs is 4. The van der Waals surface area contributed by atoms with Crippen LogP contribution in [0.3, 0.4) is 0 Å². The normalized spacial score (nSPS) is 13.1. The minimum atomic E-state index is -0.639. The van der Waals surface area contributed by atoms with E-state index < -0.39 is 23.4 Å². The molecule has 10 aromatic heterocycles. The lowest BCUT2D eigenvalue weighted by atomic mass is 10.0. The number of amides is 2. The number of carbonyl (C=O) groups excluding carboxylic acids is 4. The number of aromatic amines is 2. The molecule has 372 valence electrons. The molecule has 0 bridgehead atoms. The van der Waals surface area contributed by atoms with Crippen LogP contribution in [0.25, 0.3) is 45.1 Å². The van der Waals surface area contributed by atoms with Gasteiger partial charge in [0.25, 0.3) is 23.4 Å². The van der Waals surface area contributed by atoms with Crippen LogP contribution in [0.5, 0.6) is 11.5 Å². The molecule has 0 fully saturated rings. The Kier molecular flexibility index (Phi) is 11.8. The van der Waals surface area contributed by atoms with Crippen LogP contribution in [0.4, 0.5) is 0 Å². The number of nitrogens with one attached hydrogen (secondary N) is 2. The molecule has 2 aliphatic rings. The number of hydrogen-bond donors (Lipinski definition) is 2. The summed E-state index contributed by atoms with van der Waals surface area (Å²) in [5.74, 6) is 2.38. The number of methoxy groups -OCH3 is 2. The van der Waals surface area contributed by atoms with Crippen molar-refractivity contribution in [2.24, 2.45) is 0 Å². The van der Waals surface area contributed by atoms with Crippen LogP contribution in [0.2, 0.25) is 0 Å². The summed E-state index contributed by atoms with van der Waals surface area (Å²) in [6.45, 7) is 8.60. The molecule has 12 heterocycles. The average Bonchev–Trinajstić information content (AvgIpc) is 4.30. The predicted molar refractivity (Wildman–Crippen MR) is 261 cm³/mol. The second-order valence-corrected chi connectivity index (χ2v) is 17.4. The largest absolute Gasteiger partial charge is 0.494 e. The first kappa shape index (κ1) is 46.6. The Labute approximate surface area is 419 Å². The molecule has 0 saturated carbocycles. The van der Waals surface area contributed by atoms with Crippen LogP contribution in [-0.4, -0.2) is 144 Å². The van der Waals surface area contributed by atoms with E-state index in [2.05, 4.69) is 65.3 Å². The zero-order chi connectivity index (χ0) is 51.4. The SMILES string of the molecule is COc1cnc(-n2cnc(C)n2)c2[nH]cc(C(=O)C(=O)N3CCc4c(cnn4-c4cc(C)nc(C)n4)C3)c12.COc1cnc(-n2cnc(C)n2)c2[nH]cc(C(=O)C(=O)N3CCc4c(cnn4-c4ccccn4)C3)c12. The Hall–Kier alpha value is -9.81. The fourth-order valence-corrected chi connectivity index (χ4v) is 9.33. The summed E-state index contributed by atoms with van der Waals surface area (Å²) >= 11 is 0. The van der Waals surface area contributed by atoms with Crippen LogP contribution < -0.4 is 9.47 Å². The molecule has 12 rings (SSSR count). The quantitative estimate of drug-likeness (QED) is 0.146. The Morgan fingerprint density at radius 1 is 0.595 bits per heavy atom. The molecule has 2 aliphatic heterocycles. The van der Waals surface area contributed by atoms with Gasteiger partial charge in [0.05, 0.1) is 83.3 Å². The van der Waals surface area contributed by atoms with E-state index in [4.69, 9.17) is 9.47 Å². The van der Waals surface area contributed by atoms with Crippen molar-refractivity contribution in [3.05, 3.63) is 137 Å². The summed E-state index contributed by atoms with van der Waals surface area (Å²) in [6.07, 6.45) is 15.3. The van der Waals surface area contributed by atoms with E-state index in [0.29, 0.717) is 100.0 Å². The third-order valence-electron chi connectivity index (χ3n) is 12.8. The van der Waals surface area contributed by atoms with Crippen molar-refractivity contribution in [2.45, 2.75) is 53.6 Å². The van der Waals surface area contributed by atoms with Gasteiger partial charge in [-0.3, -0.25) is 19.2 Å². The maximum absolute atomic E-state index is 13.5. The summed E-state index contributed by atoms with van der Waals surface area (Å²) in [5.41, 5.74) is 6.01. The number of aryl methyl sites for hydroxylation is 4. The second-order valence-electron chi connectivity index (χ2n) is 17.4. The van der Waals surface area contributed by atoms with Gasteiger partial charge in [0.15, 0.2) is 23.3 Å². The van der Waals surface area contributed by atoms with Crippen LogP contribution in [0.1, 0.15) is 66.4 Å². The highest BCUT2D eigenvalue weighted by Crippen LogP contribution is 2.34. The molecule has 0 atom stereocenters. The van der Waals surface area contributed by atoms with Crippen molar-refractivity contribution < 1.29 is 28.7 Å². The lowest BCUT2D eigenvalue weighted by Crippen LogP contribution is -2.40. The highest BCUT2D eigenvalue weighted by Gasteiger charge is 2.34. The molecular formula is C49H45N19O6. The first-order valence-corrected chi connectivity index (χ1v) is 23.3. The minimum Gasteiger partial charge on any atom is -0.494 e. The zero-order valence-corrected chi connectivity index (χ0v) is 40.8. The molecule has 0 spiro atoms. The number of nitrogens with zero attached hydrogens (tertiary/aromatic N) is 17. The first-order valence-electron chi connectivity index (χ1n) is 23.3. The molecule has 25 heteroatoms. The zero-order valence-electron chi connectivity index (χ0n) is 40.8. The Morgan fingerprint density at radius 2 is 1.11 bits per heavy atom. The summed E-state index contributed by atoms with van der Waals surface area (Å²) in [7, 11) is 2.98. The van der Waals surface area contributed by atoms with Crippen LogP contribution >= 0.6 is 0 Å². The highest BCUT2D eigenvalue weighted by atomic mass is 16.5. The van der Waals surface area contributed by atoms with E-state index in [1.54, 1.807) is 51.6 Å². The number of Topliss-reactive ketones (excluding diaryl/α,β-unsaturated/α-hetero) is 2. The van der Waals surface area contributed by atoms with Gasteiger partial charge in [-0.2, -0.15) is 20.4 Å². The van der Waals surface area contributed by atoms with Gasteiger partial charge in [-0.05, 0) is 39.8 Å². The van der Waals surface area contributed by atoms with Gasteiger partial charge in [0, 0.05) is 80.5 Å². The maximum Gasteiger partial charge on any atom is 0.295 e. The molecule has 10 aromatic rings. The average molecular weight is 996 g/mol. The monoisotopic (exact) mass is 995 g/mol. The number of rotatable bonds is 10. The highest BCUT2D eigenvalue weighted by molar-refractivity contribution is 6.46. The van der Waals surface area contributed by atoms with Gasteiger partial charge in [-0.15, -0.1) is 0 Å². The van der Waals surface area contributed by atoms with E-state index in [1.807, 2.05) is 38.1 Å². The summed E-state index contributed by atoms with van der Waals surface area (Å²) in [5, 5.41) is 18.5. The minimum absolute atomic E-state index is 0.204.